The van der Waals surface area contributed by atoms with Crippen LogP contribution in [-0.2, 0) is 9.59 Å². The van der Waals surface area contributed by atoms with Crippen LogP contribution in [0.5, 0.6) is 0 Å². The highest BCUT2D eigenvalue weighted by Gasteiger charge is 2.34. The highest BCUT2D eigenvalue weighted by molar-refractivity contribution is 5.99. The second-order valence-electron chi connectivity index (χ2n) is 3.84. The van der Waals surface area contributed by atoms with E-state index in [1.54, 1.807) is 24.3 Å². The summed E-state index contributed by atoms with van der Waals surface area (Å²) in [7, 11) is 0. The highest BCUT2D eigenvalue weighted by atomic mass is 16.4. The summed E-state index contributed by atoms with van der Waals surface area (Å²) in [5, 5.41) is 8.84. The Hall–Kier alpha value is -2.04. The van der Waals surface area contributed by atoms with Crippen LogP contribution in [0.1, 0.15) is 6.42 Å². The van der Waals surface area contributed by atoms with Crippen molar-refractivity contribution in [3.63, 3.8) is 0 Å². The lowest BCUT2D eigenvalue weighted by Crippen LogP contribution is -2.25. The van der Waals surface area contributed by atoms with Crippen LogP contribution in [0.4, 0.5) is 11.4 Å². The molecule has 16 heavy (non-hydrogen) atoms. The molecule has 5 heteroatoms. The number of nitrogens with zero attached hydrogens (tertiary/aromatic N) is 1. The van der Waals surface area contributed by atoms with Crippen molar-refractivity contribution < 1.29 is 14.7 Å². The molecule has 2 rings (SSSR count). The van der Waals surface area contributed by atoms with Crippen molar-refractivity contribution >= 4 is 23.3 Å². The van der Waals surface area contributed by atoms with Gasteiger partial charge in [-0.15, -0.1) is 0 Å². The topological polar surface area (TPSA) is 83.6 Å². The summed E-state index contributed by atoms with van der Waals surface area (Å²) in [6, 6.07) is 6.82. The van der Waals surface area contributed by atoms with Crippen molar-refractivity contribution in [1.82, 2.24) is 0 Å². The van der Waals surface area contributed by atoms with E-state index < -0.39 is 11.9 Å². The molecule has 0 spiro atoms. The third kappa shape index (κ3) is 1.84. The van der Waals surface area contributed by atoms with Gasteiger partial charge < -0.3 is 15.7 Å². The summed E-state index contributed by atoms with van der Waals surface area (Å²) in [5.74, 6) is -1.69. The van der Waals surface area contributed by atoms with Crippen LogP contribution in [0.2, 0.25) is 0 Å². The number of carbonyl (C=O) groups is 2. The number of rotatable bonds is 2. The van der Waals surface area contributed by atoms with Crippen molar-refractivity contribution in [3.8, 4) is 0 Å². The van der Waals surface area contributed by atoms with Crippen LogP contribution in [0, 0.1) is 5.92 Å². The Morgan fingerprint density at radius 3 is 2.50 bits per heavy atom. The Bertz CT molecular complexity index is 427. The number of carbonyl (C=O) groups excluding carboxylic acids is 1. The third-order valence-corrected chi connectivity index (χ3v) is 2.68. The molecule has 1 saturated heterocycles. The predicted octanol–water partition coefficient (Wildman–Crippen LogP) is 0.706. The molecule has 84 valence electrons. The fourth-order valence-electron chi connectivity index (χ4n) is 1.78. The molecule has 1 aromatic rings. The van der Waals surface area contributed by atoms with Gasteiger partial charge in [0, 0.05) is 24.3 Å². The molecule has 0 aliphatic carbocycles. The average Bonchev–Trinajstić information content (AvgIpc) is 2.62. The van der Waals surface area contributed by atoms with Crippen LogP contribution < -0.4 is 10.6 Å². The first-order valence-corrected chi connectivity index (χ1v) is 4.96. The van der Waals surface area contributed by atoms with Gasteiger partial charge in [-0.25, -0.2) is 0 Å². The van der Waals surface area contributed by atoms with Gasteiger partial charge >= 0.3 is 5.97 Å². The Kier molecular flexibility index (Phi) is 2.52. The van der Waals surface area contributed by atoms with Gasteiger partial charge in [-0.1, -0.05) is 0 Å². The molecule has 0 bridgehead atoms. The number of hydrogen-bond acceptors (Lipinski definition) is 3. The molecule has 1 heterocycles. The van der Waals surface area contributed by atoms with Crippen molar-refractivity contribution in [2.24, 2.45) is 5.92 Å². The second kappa shape index (κ2) is 3.84. The number of aliphatic carboxylic acids is 1. The smallest absolute Gasteiger partial charge is 0.308 e. The average molecular weight is 220 g/mol. The monoisotopic (exact) mass is 220 g/mol. The van der Waals surface area contributed by atoms with Gasteiger partial charge in [0.2, 0.25) is 5.91 Å². The number of nitrogen functional groups attached to an aromatic ring is 1. The summed E-state index contributed by atoms with van der Waals surface area (Å²) >= 11 is 0. The summed E-state index contributed by atoms with van der Waals surface area (Å²) in [5.41, 5.74) is 6.85. The summed E-state index contributed by atoms with van der Waals surface area (Å²) < 4.78 is 0. The number of hydrogen-bond donors (Lipinski definition) is 2. The van der Waals surface area contributed by atoms with Crippen molar-refractivity contribution in [2.75, 3.05) is 17.2 Å². The Morgan fingerprint density at radius 2 is 2.00 bits per heavy atom. The largest absolute Gasteiger partial charge is 0.481 e. The van der Waals surface area contributed by atoms with E-state index in [1.165, 1.54) is 4.90 Å². The summed E-state index contributed by atoms with van der Waals surface area (Å²) in [6.45, 7) is 0.234. The molecule has 1 amide bonds. The zero-order valence-electron chi connectivity index (χ0n) is 8.59. The molecule has 1 aliphatic heterocycles. The SMILES string of the molecule is Nc1ccc(N2C[C@H](C(=O)O)CC2=O)cc1. The molecular weight excluding hydrogens is 208 g/mol. The molecular formula is C11H12N2O3. The normalized spacial score (nSPS) is 20.1. The lowest BCUT2D eigenvalue weighted by Gasteiger charge is -2.15. The Morgan fingerprint density at radius 1 is 1.38 bits per heavy atom. The quantitative estimate of drug-likeness (QED) is 0.719. The molecule has 0 radical (unpaired) electrons. The minimum Gasteiger partial charge on any atom is -0.481 e. The summed E-state index contributed by atoms with van der Waals surface area (Å²) in [6.07, 6.45) is 0.0692. The first-order valence-electron chi connectivity index (χ1n) is 4.96. The van der Waals surface area contributed by atoms with E-state index in [1.807, 2.05) is 0 Å². The number of amides is 1. The van der Waals surface area contributed by atoms with Crippen LogP contribution in [0.25, 0.3) is 0 Å². The minimum atomic E-state index is -0.925. The number of anilines is 2. The zero-order valence-corrected chi connectivity index (χ0v) is 8.59. The third-order valence-electron chi connectivity index (χ3n) is 2.68. The van der Waals surface area contributed by atoms with Crippen LogP contribution in [-0.4, -0.2) is 23.5 Å². The van der Waals surface area contributed by atoms with E-state index in [9.17, 15) is 9.59 Å². The van der Waals surface area contributed by atoms with Crippen LogP contribution >= 0.6 is 0 Å². The lowest BCUT2D eigenvalue weighted by atomic mass is 10.1. The second-order valence-corrected chi connectivity index (χ2v) is 3.84. The van der Waals surface area contributed by atoms with E-state index in [-0.39, 0.29) is 18.9 Å². The lowest BCUT2D eigenvalue weighted by molar-refractivity contribution is -0.141. The van der Waals surface area contributed by atoms with E-state index >= 15 is 0 Å². The summed E-state index contributed by atoms with van der Waals surface area (Å²) in [4.78, 5) is 23.9. The van der Waals surface area contributed by atoms with Gasteiger partial charge in [-0.05, 0) is 24.3 Å². The fraction of sp³-hybridized carbons (Fsp3) is 0.273. The molecule has 1 fully saturated rings. The maximum atomic E-state index is 11.6. The fourth-order valence-corrected chi connectivity index (χ4v) is 1.78. The minimum absolute atomic E-state index is 0.0692. The first-order chi connectivity index (χ1) is 7.58. The maximum absolute atomic E-state index is 11.6. The molecule has 5 nitrogen and oxygen atoms in total. The Balaban J connectivity index is 2.20. The van der Waals surface area contributed by atoms with Gasteiger partial charge in [0.05, 0.1) is 5.92 Å². The van der Waals surface area contributed by atoms with E-state index in [4.69, 9.17) is 10.8 Å². The molecule has 0 unspecified atom stereocenters. The number of carboxylic acids is 1. The predicted molar refractivity (Wildman–Crippen MR) is 59.0 cm³/mol. The molecule has 1 aromatic carbocycles. The van der Waals surface area contributed by atoms with Crippen molar-refractivity contribution in [2.45, 2.75) is 6.42 Å². The van der Waals surface area contributed by atoms with Crippen LogP contribution in [0.15, 0.2) is 24.3 Å². The van der Waals surface area contributed by atoms with Crippen molar-refractivity contribution in [1.29, 1.82) is 0 Å². The number of benzene rings is 1. The van der Waals surface area contributed by atoms with Gasteiger partial charge in [-0.3, -0.25) is 9.59 Å². The first kappa shape index (κ1) is 10.5. The van der Waals surface area contributed by atoms with Gasteiger partial charge in [0.1, 0.15) is 0 Å². The van der Waals surface area contributed by atoms with Gasteiger partial charge in [0.15, 0.2) is 0 Å². The van der Waals surface area contributed by atoms with E-state index in [0.717, 1.165) is 0 Å². The Labute approximate surface area is 92.5 Å². The number of nitrogens with two attached hydrogens (primary N) is 1. The standard InChI is InChI=1S/C11H12N2O3/c12-8-1-3-9(4-2-8)13-6-7(11(15)16)5-10(13)14/h1-4,7H,5-6,12H2,(H,15,16)/t7-/m1/s1. The molecule has 1 atom stereocenters. The molecule has 1 aliphatic rings. The van der Waals surface area contributed by atoms with Crippen LogP contribution in [0.3, 0.4) is 0 Å². The molecule has 0 aromatic heterocycles. The highest BCUT2D eigenvalue weighted by Crippen LogP contribution is 2.25. The molecule has 0 saturated carbocycles. The van der Waals surface area contributed by atoms with Gasteiger partial charge in [-0.2, -0.15) is 0 Å². The van der Waals surface area contributed by atoms with E-state index in [2.05, 4.69) is 0 Å². The van der Waals surface area contributed by atoms with Crippen molar-refractivity contribution in [3.05, 3.63) is 24.3 Å². The molecule has 3 N–H and O–H groups in total. The van der Waals surface area contributed by atoms with Gasteiger partial charge in [0.25, 0.3) is 0 Å². The number of carboxylic acid groups (broad SMARTS) is 1. The zero-order chi connectivity index (χ0) is 11.7. The van der Waals surface area contributed by atoms with E-state index in [0.29, 0.717) is 11.4 Å². The maximum Gasteiger partial charge on any atom is 0.308 e.